The molecule has 4 rings (SSSR count). The molecule has 2 amide bonds. The maximum absolute atomic E-state index is 12.8. The lowest BCUT2D eigenvalue weighted by Crippen LogP contribution is -2.50. The standard InChI is InChI=1S/C21H23N3O4S/c1-14(2)13-27-21(26)24-11-9-23(10-12-24)20(25)17-8-7-16(28-17)19-22-15-5-3-4-6-18(15)29-19/h3-8,14H,9-13H2,1-2H3. The number of aromatic nitrogens is 1. The first-order valence-electron chi connectivity index (χ1n) is 9.68. The molecule has 1 aliphatic rings. The molecule has 1 saturated heterocycles. The minimum atomic E-state index is -0.318. The molecule has 29 heavy (non-hydrogen) atoms. The average Bonchev–Trinajstić information content (AvgIpc) is 3.38. The van der Waals surface area contributed by atoms with E-state index in [9.17, 15) is 9.59 Å². The molecule has 0 N–H and O–H groups in total. The van der Waals surface area contributed by atoms with Gasteiger partial charge in [0.1, 0.15) is 0 Å². The van der Waals surface area contributed by atoms with E-state index in [1.54, 1.807) is 21.9 Å². The van der Waals surface area contributed by atoms with Gasteiger partial charge in [0.05, 0.1) is 16.8 Å². The number of hydrogen-bond donors (Lipinski definition) is 0. The number of rotatable bonds is 4. The normalized spacial score (nSPS) is 14.6. The van der Waals surface area contributed by atoms with Crippen LogP contribution in [0.25, 0.3) is 21.0 Å². The highest BCUT2D eigenvalue weighted by atomic mass is 32.1. The van der Waals surface area contributed by atoms with E-state index in [0.29, 0.717) is 44.5 Å². The van der Waals surface area contributed by atoms with Crippen LogP contribution in [0.1, 0.15) is 24.4 Å². The van der Waals surface area contributed by atoms with Gasteiger partial charge < -0.3 is 19.0 Å². The van der Waals surface area contributed by atoms with E-state index in [-0.39, 0.29) is 17.8 Å². The second kappa shape index (κ2) is 8.24. The zero-order valence-electron chi connectivity index (χ0n) is 16.5. The van der Waals surface area contributed by atoms with Crippen LogP contribution < -0.4 is 0 Å². The molecule has 152 valence electrons. The fourth-order valence-corrected chi connectivity index (χ4v) is 4.05. The number of amides is 2. The fraction of sp³-hybridized carbons (Fsp3) is 0.381. The number of nitrogens with zero attached hydrogens (tertiary/aromatic N) is 3. The minimum absolute atomic E-state index is 0.174. The lowest BCUT2D eigenvalue weighted by atomic mass is 10.2. The Kier molecular flexibility index (Phi) is 5.53. The quantitative estimate of drug-likeness (QED) is 0.643. The van der Waals surface area contributed by atoms with Crippen molar-refractivity contribution in [3.63, 3.8) is 0 Å². The van der Waals surface area contributed by atoms with Crippen molar-refractivity contribution in [1.29, 1.82) is 0 Å². The van der Waals surface area contributed by atoms with Gasteiger partial charge in [-0.1, -0.05) is 26.0 Å². The van der Waals surface area contributed by atoms with Gasteiger partial charge in [0.15, 0.2) is 16.5 Å². The van der Waals surface area contributed by atoms with Gasteiger partial charge >= 0.3 is 6.09 Å². The van der Waals surface area contributed by atoms with E-state index < -0.39 is 0 Å². The Balaban J connectivity index is 1.38. The third-order valence-electron chi connectivity index (χ3n) is 4.69. The van der Waals surface area contributed by atoms with Crippen LogP contribution in [-0.4, -0.2) is 59.6 Å². The SMILES string of the molecule is CC(C)COC(=O)N1CCN(C(=O)c2ccc(-c3nc4ccccc4s3)o2)CC1. The maximum atomic E-state index is 12.8. The smallest absolute Gasteiger partial charge is 0.409 e. The Labute approximate surface area is 172 Å². The Morgan fingerprint density at radius 1 is 1.10 bits per heavy atom. The first-order valence-corrected chi connectivity index (χ1v) is 10.5. The second-order valence-corrected chi connectivity index (χ2v) is 8.43. The first kappa shape index (κ1) is 19.4. The van der Waals surface area contributed by atoms with E-state index >= 15 is 0 Å². The van der Waals surface area contributed by atoms with Crippen LogP contribution in [0.3, 0.4) is 0 Å². The van der Waals surface area contributed by atoms with Crippen LogP contribution in [-0.2, 0) is 4.74 Å². The van der Waals surface area contributed by atoms with Crippen LogP contribution in [0.4, 0.5) is 4.79 Å². The molecule has 0 radical (unpaired) electrons. The topological polar surface area (TPSA) is 75.9 Å². The molecule has 0 atom stereocenters. The van der Waals surface area contributed by atoms with Crippen molar-refractivity contribution in [2.45, 2.75) is 13.8 Å². The molecule has 1 aliphatic heterocycles. The third kappa shape index (κ3) is 4.27. The van der Waals surface area contributed by atoms with Gasteiger partial charge in [0.2, 0.25) is 0 Å². The average molecular weight is 413 g/mol. The number of benzene rings is 1. The van der Waals surface area contributed by atoms with Crippen molar-refractivity contribution in [3.8, 4) is 10.8 Å². The summed E-state index contributed by atoms with van der Waals surface area (Å²) in [5, 5.41) is 0.753. The molecule has 0 aliphatic carbocycles. The molecule has 0 bridgehead atoms. The summed E-state index contributed by atoms with van der Waals surface area (Å²) in [6, 6.07) is 11.4. The number of fused-ring (bicyclic) bond motifs is 1. The number of piperazine rings is 1. The van der Waals surface area contributed by atoms with Gasteiger partial charge in [-0.25, -0.2) is 9.78 Å². The van der Waals surface area contributed by atoms with Crippen LogP contribution in [0.15, 0.2) is 40.8 Å². The number of thiazole rings is 1. The fourth-order valence-electron chi connectivity index (χ4n) is 3.12. The maximum Gasteiger partial charge on any atom is 0.409 e. The monoisotopic (exact) mass is 413 g/mol. The number of hydrogen-bond acceptors (Lipinski definition) is 6. The second-order valence-electron chi connectivity index (χ2n) is 7.40. The number of carbonyl (C=O) groups excluding carboxylic acids is 2. The van der Waals surface area contributed by atoms with Gasteiger partial charge in [0.25, 0.3) is 5.91 Å². The summed E-state index contributed by atoms with van der Waals surface area (Å²) in [5.74, 6) is 0.999. The highest BCUT2D eigenvalue weighted by molar-refractivity contribution is 7.21. The van der Waals surface area contributed by atoms with Gasteiger partial charge in [-0.3, -0.25) is 4.79 Å². The molecule has 0 spiro atoms. The Hall–Kier alpha value is -2.87. The molecule has 1 aromatic carbocycles. The molecular weight excluding hydrogens is 390 g/mol. The molecule has 7 nitrogen and oxygen atoms in total. The highest BCUT2D eigenvalue weighted by Gasteiger charge is 2.27. The van der Waals surface area contributed by atoms with Crippen molar-refractivity contribution in [2.75, 3.05) is 32.8 Å². The van der Waals surface area contributed by atoms with Crippen molar-refractivity contribution in [3.05, 3.63) is 42.2 Å². The van der Waals surface area contributed by atoms with E-state index in [1.807, 2.05) is 38.1 Å². The van der Waals surface area contributed by atoms with Crippen molar-refractivity contribution >= 4 is 33.6 Å². The van der Waals surface area contributed by atoms with E-state index in [2.05, 4.69) is 4.98 Å². The van der Waals surface area contributed by atoms with Crippen LogP contribution in [0.2, 0.25) is 0 Å². The molecule has 3 heterocycles. The summed E-state index contributed by atoms with van der Waals surface area (Å²) in [6.45, 7) is 6.20. The van der Waals surface area contributed by atoms with Crippen LogP contribution in [0, 0.1) is 5.92 Å². The van der Waals surface area contributed by atoms with Crippen molar-refractivity contribution in [2.24, 2.45) is 5.92 Å². The van der Waals surface area contributed by atoms with Gasteiger partial charge in [-0.15, -0.1) is 11.3 Å². The van der Waals surface area contributed by atoms with Gasteiger partial charge in [-0.2, -0.15) is 0 Å². The Morgan fingerprint density at radius 3 is 2.55 bits per heavy atom. The number of furan rings is 1. The summed E-state index contributed by atoms with van der Waals surface area (Å²) >= 11 is 1.53. The molecule has 1 fully saturated rings. The molecule has 2 aromatic heterocycles. The Bertz CT molecular complexity index is 985. The lowest BCUT2D eigenvalue weighted by molar-refractivity contribution is 0.0515. The molecule has 0 unspecified atom stereocenters. The predicted octanol–water partition coefficient (Wildman–Crippen LogP) is 4.11. The molecule has 3 aromatic rings. The zero-order chi connectivity index (χ0) is 20.4. The first-order chi connectivity index (χ1) is 14.0. The lowest BCUT2D eigenvalue weighted by Gasteiger charge is -2.33. The third-order valence-corrected chi connectivity index (χ3v) is 5.74. The molecular formula is C21H23N3O4S. The van der Waals surface area contributed by atoms with E-state index in [1.165, 1.54) is 11.3 Å². The molecule has 0 saturated carbocycles. The number of ether oxygens (including phenoxy) is 1. The summed E-state index contributed by atoms with van der Waals surface area (Å²) in [5.41, 5.74) is 0.914. The number of carbonyl (C=O) groups is 2. The van der Waals surface area contributed by atoms with Crippen LogP contribution in [0.5, 0.6) is 0 Å². The van der Waals surface area contributed by atoms with Crippen LogP contribution >= 0.6 is 11.3 Å². The summed E-state index contributed by atoms with van der Waals surface area (Å²) in [7, 11) is 0. The number of para-hydroxylation sites is 1. The highest BCUT2D eigenvalue weighted by Crippen LogP contribution is 2.31. The minimum Gasteiger partial charge on any atom is -0.449 e. The zero-order valence-corrected chi connectivity index (χ0v) is 17.3. The largest absolute Gasteiger partial charge is 0.449 e. The summed E-state index contributed by atoms with van der Waals surface area (Å²) in [4.78, 5) is 32.8. The van der Waals surface area contributed by atoms with E-state index in [4.69, 9.17) is 9.15 Å². The Morgan fingerprint density at radius 2 is 1.83 bits per heavy atom. The molecule has 8 heteroatoms. The summed E-state index contributed by atoms with van der Waals surface area (Å²) < 4.78 is 12.1. The predicted molar refractivity (Wildman–Crippen MR) is 111 cm³/mol. The van der Waals surface area contributed by atoms with Gasteiger partial charge in [0, 0.05) is 26.2 Å². The van der Waals surface area contributed by atoms with E-state index in [0.717, 1.165) is 15.2 Å². The van der Waals surface area contributed by atoms with Crippen molar-refractivity contribution < 1.29 is 18.7 Å². The van der Waals surface area contributed by atoms with Gasteiger partial charge in [-0.05, 0) is 30.2 Å². The summed E-state index contributed by atoms with van der Waals surface area (Å²) in [6.07, 6.45) is -0.318. The van der Waals surface area contributed by atoms with Crippen molar-refractivity contribution in [1.82, 2.24) is 14.8 Å².